The summed E-state index contributed by atoms with van der Waals surface area (Å²) in [5.74, 6) is -0.422. The fourth-order valence-corrected chi connectivity index (χ4v) is 2.48. The quantitative estimate of drug-likeness (QED) is 0.163. The van der Waals surface area contributed by atoms with Gasteiger partial charge in [0, 0.05) is 6.42 Å². The normalized spacial score (nSPS) is 13.3. The second-order valence-corrected chi connectivity index (χ2v) is 7.28. The molecule has 25 heavy (non-hydrogen) atoms. The molecule has 148 valence electrons. The van der Waals surface area contributed by atoms with Crippen LogP contribution in [0.3, 0.4) is 0 Å². The molecule has 0 aromatic carbocycles. The minimum Gasteiger partial charge on any atom is -0.463 e. The van der Waals surface area contributed by atoms with Gasteiger partial charge in [0.05, 0.1) is 6.61 Å². The molecular formula is C17H33O7P. The summed E-state index contributed by atoms with van der Waals surface area (Å²) in [6.07, 6.45) is 13.4. The largest absolute Gasteiger partial charge is 0.469 e. The lowest BCUT2D eigenvalue weighted by Gasteiger charge is -2.12. The molecule has 3 N–H and O–H groups in total. The summed E-state index contributed by atoms with van der Waals surface area (Å²) < 4.78 is 19.4. The summed E-state index contributed by atoms with van der Waals surface area (Å²) >= 11 is 0. The lowest BCUT2D eigenvalue weighted by Crippen LogP contribution is -2.23. The molecule has 0 aliphatic rings. The minimum absolute atomic E-state index is 0.281. The SMILES string of the molecule is CCCC/C=C\CCCCCCCC(=O)OCC(O)COP(=O)(O)O. The Bertz CT molecular complexity index is 406. The standard InChI is InChI=1S/C17H33O7P/c1-2-3-4-5-6-7-8-9-10-11-12-13-17(19)23-14-16(18)15-24-25(20,21)22/h5-6,16,18H,2-4,7-15H2,1H3,(H2,20,21,22)/b6-5-. The van der Waals surface area contributed by atoms with Gasteiger partial charge in [-0.2, -0.15) is 0 Å². The smallest absolute Gasteiger partial charge is 0.463 e. The number of carbonyl (C=O) groups excluding carboxylic acids is 1. The van der Waals surface area contributed by atoms with Gasteiger partial charge in [0.1, 0.15) is 12.7 Å². The van der Waals surface area contributed by atoms with Gasteiger partial charge in [-0.1, -0.05) is 51.2 Å². The van der Waals surface area contributed by atoms with Crippen molar-refractivity contribution in [1.82, 2.24) is 0 Å². The number of unbranched alkanes of at least 4 members (excludes halogenated alkanes) is 7. The van der Waals surface area contributed by atoms with Crippen molar-refractivity contribution >= 4 is 13.8 Å². The zero-order valence-electron chi connectivity index (χ0n) is 15.1. The van der Waals surface area contributed by atoms with E-state index < -0.39 is 26.5 Å². The molecule has 8 heteroatoms. The van der Waals surface area contributed by atoms with Gasteiger partial charge in [-0.3, -0.25) is 9.32 Å². The summed E-state index contributed by atoms with van der Waals surface area (Å²) in [4.78, 5) is 28.4. The van der Waals surface area contributed by atoms with Crippen molar-refractivity contribution < 1.29 is 33.5 Å². The molecule has 0 radical (unpaired) electrons. The van der Waals surface area contributed by atoms with E-state index in [1.54, 1.807) is 0 Å². The number of aliphatic hydroxyl groups excluding tert-OH is 1. The molecule has 0 fully saturated rings. The first-order valence-electron chi connectivity index (χ1n) is 9.04. The first kappa shape index (κ1) is 24.3. The summed E-state index contributed by atoms with van der Waals surface area (Å²) in [5.41, 5.74) is 0. The molecule has 0 amide bonds. The zero-order valence-corrected chi connectivity index (χ0v) is 16.0. The first-order valence-corrected chi connectivity index (χ1v) is 10.6. The van der Waals surface area contributed by atoms with Gasteiger partial charge in [-0.25, -0.2) is 4.57 Å². The number of phosphoric acid groups is 1. The van der Waals surface area contributed by atoms with Crippen LogP contribution in [0.15, 0.2) is 12.2 Å². The molecule has 0 rings (SSSR count). The Labute approximate surface area is 150 Å². The number of ether oxygens (including phenoxy) is 1. The number of rotatable bonds is 16. The van der Waals surface area contributed by atoms with E-state index >= 15 is 0 Å². The second-order valence-electron chi connectivity index (χ2n) is 6.04. The van der Waals surface area contributed by atoms with Gasteiger partial charge in [0.25, 0.3) is 0 Å². The predicted octanol–water partition coefficient (Wildman–Crippen LogP) is 3.48. The van der Waals surface area contributed by atoms with E-state index in [1.807, 2.05) is 0 Å². The van der Waals surface area contributed by atoms with Gasteiger partial charge in [-0.05, 0) is 25.7 Å². The maximum atomic E-state index is 11.5. The van der Waals surface area contributed by atoms with Crippen molar-refractivity contribution in [2.45, 2.75) is 77.2 Å². The number of hydrogen-bond donors (Lipinski definition) is 3. The van der Waals surface area contributed by atoms with Gasteiger partial charge < -0.3 is 19.6 Å². The molecule has 0 aromatic heterocycles. The maximum Gasteiger partial charge on any atom is 0.469 e. The van der Waals surface area contributed by atoms with E-state index in [0.29, 0.717) is 0 Å². The maximum absolute atomic E-state index is 11.5. The average Bonchev–Trinajstić information content (AvgIpc) is 2.55. The van der Waals surface area contributed by atoms with Crippen LogP contribution in [0.4, 0.5) is 0 Å². The van der Waals surface area contributed by atoms with E-state index in [-0.39, 0.29) is 13.0 Å². The van der Waals surface area contributed by atoms with Crippen LogP contribution in [0.1, 0.15) is 71.1 Å². The van der Waals surface area contributed by atoms with Gasteiger partial charge >= 0.3 is 13.8 Å². The van der Waals surface area contributed by atoms with E-state index in [1.165, 1.54) is 25.7 Å². The van der Waals surface area contributed by atoms with Crippen molar-refractivity contribution in [2.24, 2.45) is 0 Å². The molecule has 0 aliphatic heterocycles. The van der Waals surface area contributed by atoms with Crippen molar-refractivity contribution in [1.29, 1.82) is 0 Å². The van der Waals surface area contributed by atoms with Crippen LogP contribution in [0.2, 0.25) is 0 Å². The fraction of sp³-hybridized carbons (Fsp3) is 0.824. The molecule has 0 saturated carbocycles. The summed E-state index contributed by atoms with van der Waals surface area (Å²) in [7, 11) is -4.61. The highest BCUT2D eigenvalue weighted by atomic mass is 31.2. The minimum atomic E-state index is -4.61. The van der Waals surface area contributed by atoms with Crippen LogP contribution < -0.4 is 0 Å². The van der Waals surface area contributed by atoms with Crippen LogP contribution in [0.5, 0.6) is 0 Å². The summed E-state index contributed by atoms with van der Waals surface area (Å²) in [5, 5.41) is 9.37. The highest BCUT2D eigenvalue weighted by Gasteiger charge is 2.17. The number of hydrogen-bond acceptors (Lipinski definition) is 5. The zero-order chi connectivity index (χ0) is 19.0. The van der Waals surface area contributed by atoms with E-state index in [2.05, 4.69) is 23.6 Å². The van der Waals surface area contributed by atoms with Crippen molar-refractivity contribution in [3.05, 3.63) is 12.2 Å². The molecule has 7 nitrogen and oxygen atoms in total. The summed E-state index contributed by atoms with van der Waals surface area (Å²) in [6.45, 7) is 1.28. The number of esters is 1. The van der Waals surface area contributed by atoms with Crippen LogP contribution in [0.25, 0.3) is 0 Å². The van der Waals surface area contributed by atoms with Crippen LogP contribution in [-0.4, -0.2) is 40.2 Å². The van der Waals surface area contributed by atoms with Gasteiger partial charge in [0.15, 0.2) is 0 Å². The Hall–Kier alpha value is -0.720. The second kappa shape index (κ2) is 15.5. The van der Waals surface area contributed by atoms with Crippen LogP contribution >= 0.6 is 7.82 Å². The molecule has 0 saturated heterocycles. The highest BCUT2D eigenvalue weighted by Crippen LogP contribution is 2.35. The average molecular weight is 380 g/mol. The lowest BCUT2D eigenvalue weighted by atomic mass is 10.1. The molecule has 1 unspecified atom stereocenters. The third kappa shape index (κ3) is 19.5. The Morgan fingerprint density at radius 2 is 1.60 bits per heavy atom. The monoisotopic (exact) mass is 380 g/mol. The molecule has 1 atom stereocenters. The fourth-order valence-electron chi connectivity index (χ4n) is 2.11. The Balaban J connectivity index is 3.44. The number of phosphoric ester groups is 1. The Kier molecular flexibility index (Phi) is 15.1. The molecular weight excluding hydrogens is 347 g/mol. The van der Waals surface area contributed by atoms with Crippen molar-refractivity contribution in [3.63, 3.8) is 0 Å². The van der Waals surface area contributed by atoms with Crippen LogP contribution in [-0.2, 0) is 18.6 Å². The Morgan fingerprint density at radius 1 is 1.00 bits per heavy atom. The molecule has 0 heterocycles. The summed E-state index contributed by atoms with van der Waals surface area (Å²) in [6, 6.07) is 0. The number of carbonyl (C=O) groups is 1. The Morgan fingerprint density at radius 3 is 2.24 bits per heavy atom. The topological polar surface area (TPSA) is 113 Å². The lowest BCUT2D eigenvalue weighted by molar-refractivity contribution is -0.147. The third-order valence-corrected chi connectivity index (χ3v) is 4.00. The van der Waals surface area contributed by atoms with Crippen molar-refractivity contribution in [2.75, 3.05) is 13.2 Å². The van der Waals surface area contributed by atoms with E-state index in [9.17, 15) is 14.5 Å². The van der Waals surface area contributed by atoms with Crippen LogP contribution in [0, 0.1) is 0 Å². The molecule has 0 aromatic rings. The molecule has 0 bridgehead atoms. The first-order chi connectivity index (χ1) is 11.8. The predicted molar refractivity (Wildman–Crippen MR) is 95.9 cm³/mol. The number of aliphatic hydroxyl groups is 1. The van der Waals surface area contributed by atoms with Gasteiger partial charge in [0.2, 0.25) is 0 Å². The highest BCUT2D eigenvalue weighted by molar-refractivity contribution is 7.46. The number of allylic oxidation sites excluding steroid dienone is 2. The van der Waals surface area contributed by atoms with E-state index in [0.717, 1.165) is 32.1 Å². The van der Waals surface area contributed by atoms with Crippen molar-refractivity contribution in [3.8, 4) is 0 Å². The third-order valence-electron chi connectivity index (χ3n) is 3.51. The molecule has 0 aliphatic carbocycles. The van der Waals surface area contributed by atoms with E-state index in [4.69, 9.17) is 14.5 Å². The molecule has 0 spiro atoms. The van der Waals surface area contributed by atoms with Gasteiger partial charge in [-0.15, -0.1) is 0 Å².